The van der Waals surface area contributed by atoms with E-state index in [0.717, 1.165) is 0 Å². The third-order valence-electron chi connectivity index (χ3n) is 2.75. The Morgan fingerprint density at radius 3 is 1.38 bits per heavy atom. The molecule has 0 unspecified atom stereocenters. The van der Waals surface area contributed by atoms with Gasteiger partial charge < -0.3 is 25.3 Å². The van der Waals surface area contributed by atoms with Gasteiger partial charge in [-0.3, -0.25) is 0 Å². The van der Waals surface area contributed by atoms with Crippen LogP contribution in [0.25, 0.3) is 0 Å². The van der Waals surface area contributed by atoms with Crippen LogP contribution >= 0.6 is 0 Å². The Labute approximate surface area is 155 Å². The van der Waals surface area contributed by atoms with Gasteiger partial charge in [-0.25, -0.2) is 0 Å². The van der Waals surface area contributed by atoms with Crippen molar-refractivity contribution in [2.24, 2.45) is 0 Å². The van der Waals surface area contributed by atoms with Gasteiger partial charge in [-0.15, -0.1) is 0 Å². The summed E-state index contributed by atoms with van der Waals surface area (Å²) >= 11 is 0. The van der Waals surface area contributed by atoms with Gasteiger partial charge in [0.2, 0.25) is 0 Å². The summed E-state index contributed by atoms with van der Waals surface area (Å²) in [5, 5.41) is 0. The van der Waals surface area contributed by atoms with E-state index in [1.54, 1.807) is 0 Å². The summed E-state index contributed by atoms with van der Waals surface area (Å²) in [6, 6.07) is 0. The molecule has 0 spiro atoms. The van der Waals surface area contributed by atoms with Gasteiger partial charge in [0.05, 0.1) is 0 Å². The second-order valence-corrected chi connectivity index (χ2v) is 23.6. The molecule has 0 saturated carbocycles. The zero-order valence-electron chi connectivity index (χ0n) is 17.4. The monoisotopic (exact) mass is 430 g/mol. The third-order valence-corrected chi connectivity index (χ3v) is 19.8. The highest BCUT2D eigenvalue weighted by Crippen LogP contribution is 2.25. The van der Waals surface area contributed by atoms with Crippen molar-refractivity contribution >= 4 is 43.5 Å². The first-order chi connectivity index (χ1) is 10.7. The van der Waals surface area contributed by atoms with E-state index in [2.05, 4.69) is 39.3 Å². The fraction of sp³-hybridized carbons (Fsp3) is 1.00. The van der Waals surface area contributed by atoms with Gasteiger partial charge in [-0.2, -0.15) is 0 Å². The van der Waals surface area contributed by atoms with Crippen molar-refractivity contribution in [2.75, 3.05) is 13.2 Å². The number of hydrogen-bond donors (Lipinski definition) is 0. The summed E-state index contributed by atoms with van der Waals surface area (Å²) in [7, 11) is -10.8. The minimum Gasteiger partial charge on any atom is -0.440 e. The smallest absolute Gasteiger partial charge is 0.440 e. The van der Waals surface area contributed by atoms with Crippen LogP contribution in [0.4, 0.5) is 0 Å². The molecule has 0 saturated heterocycles. The molecule has 0 aliphatic carbocycles. The van der Waals surface area contributed by atoms with Crippen molar-refractivity contribution in [1.29, 1.82) is 0 Å². The molecule has 146 valence electrons. The van der Waals surface area contributed by atoms with E-state index in [1.165, 1.54) is 0 Å². The largest absolute Gasteiger partial charge is 0.488 e. The van der Waals surface area contributed by atoms with Crippen molar-refractivity contribution in [3.63, 3.8) is 0 Å². The van der Waals surface area contributed by atoms with Crippen molar-refractivity contribution in [3.8, 4) is 0 Å². The predicted molar refractivity (Wildman–Crippen MR) is 111 cm³/mol. The molecule has 6 nitrogen and oxygen atoms in total. The maximum atomic E-state index is 6.41. The van der Waals surface area contributed by atoms with Crippen molar-refractivity contribution in [3.05, 3.63) is 0 Å². The first-order valence-corrected chi connectivity index (χ1v) is 22.2. The Hall–Kier alpha value is 0.844. The summed E-state index contributed by atoms with van der Waals surface area (Å²) in [6.07, 6.45) is 0. The Morgan fingerprint density at radius 2 is 1.00 bits per heavy atom. The molecule has 0 heterocycles. The Balaban J connectivity index is 4.97. The molecule has 0 rings (SSSR count). The van der Waals surface area contributed by atoms with Gasteiger partial charge in [0.1, 0.15) is 0 Å². The fourth-order valence-corrected chi connectivity index (χ4v) is 23.8. The first-order valence-electron chi connectivity index (χ1n) is 8.72. The van der Waals surface area contributed by atoms with E-state index in [1.807, 2.05) is 33.5 Å². The lowest BCUT2D eigenvalue weighted by Gasteiger charge is -2.40. The van der Waals surface area contributed by atoms with Gasteiger partial charge in [-0.1, -0.05) is 0 Å². The molecule has 0 amide bonds. The predicted octanol–water partition coefficient (Wildman–Crippen LogP) is 3.78. The molecule has 0 N–H and O–H groups in total. The van der Waals surface area contributed by atoms with Gasteiger partial charge in [-0.05, 0) is 66.2 Å². The average molecular weight is 431 g/mol. The summed E-state index contributed by atoms with van der Waals surface area (Å²) in [4.78, 5) is 0. The van der Waals surface area contributed by atoms with Crippen LogP contribution < -0.4 is 0 Å². The summed E-state index contributed by atoms with van der Waals surface area (Å²) in [5.74, 6) is 0. The van der Waals surface area contributed by atoms with Crippen molar-refractivity contribution in [2.45, 2.75) is 72.8 Å². The molecule has 0 aliphatic rings. The lowest BCUT2D eigenvalue weighted by molar-refractivity contribution is 0.111. The Morgan fingerprint density at radius 1 is 0.625 bits per heavy atom. The van der Waals surface area contributed by atoms with Gasteiger partial charge in [0, 0.05) is 19.8 Å². The van der Waals surface area contributed by atoms with Crippen molar-refractivity contribution < 1.29 is 25.3 Å². The molecule has 0 radical (unpaired) electrons. The molecule has 0 bridgehead atoms. The molecule has 11 heteroatoms. The van der Waals surface area contributed by atoms with Gasteiger partial charge in [0.25, 0.3) is 0 Å². The lowest BCUT2D eigenvalue weighted by atomic mass is 10.9. The summed E-state index contributed by atoms with van der Waals surface area (Å²) < 4.78 is 36.7. The van der Waals surface area contributed by atoms with Crippen LogP contribution in [0.3, 0.4) is 0 Å². The zero-order chi connectivity index (χ0) is 19.2. The van der Waals surface area contributed by atoms with Crippen LogP contribution in [0.5, 0.6) is 0 Å². The second-order valence-electron chi connectivity index (χ2n) is 7.40. The average Bonchev–Trinajstić information content (AvgIpc) is 2.21. The quantitative estimate of drug-likeness (QED) is 0.439. The standard InChI is InChI=1S/C13H38O6Si5/c1-12-14-24(11,15-13-2)19-23(9,10)18-22(7,8)17-21(5,6)16-20(3)4/h20H,12-13H2,1-11H3. The van der Waals surface area contributed by atoms with Gasteiger partial charge in [0.15, 0.2) is 9.04 Å². The number of rotatable bonds is 12. The maximum absolute atomic E-state index is 6.41. The van der Waals surface area contributed by atoms with E-state index in [4.69, 9.17) is 25.3 Å². The van der Waals surface area contributed by atoms with Crippen LogP contribution in [0.1, 0.15) is 13.8 Å². The van der Waals surface area contributed by atoms with Crippen LogP contribution in [-0.2, 0) is 25.3 Å². The minimum absolute atomic E-state index is 0.567. The SMILES string of the molecule is CCO[Si](C)(OCC)O[Si](C)(C)O[Si](C)(C)O[Si](C)(C)O[SiH](C)C. The second kappa shape index (κ2) is 9.69. The van der Waals surface area contributed by atoms with Crippen LogP contribution in [-0.4, -0.2) is 56.7 Å². The van der Waals surface area contributed by atoms with E-state index in [-0.39, 0.29) is 0 Å². The topological polar surface area (TPSA) is 55.4 Å². The number of hydrogen-bond acceptors (Lipinski definition) is 6. The Kier molecular flexibility index (Phi) is 10.0. The molecule has 0 fully saturated rings. The van der Waals surface area contributed by atoms with E-state index in [9.17, 15) is 0 Å². The molecule has 0 aromatic rings. The van der Waals surface area contributed by atoms with Crippen LogP contribution in [0, 0.1) is 0 Å². The molecular weight excluding hydrogens is 393 g/mol. The highest BCUT2D eigenvalue weighted by atomic mass is 28.5. The first kappa shape index (κ1) is 24.8. The fourth-order valence-electron chi connectivity index (χ4n) is 2.89. The molecule has 0 aromatic carbocycles. The molecule has 0 atom stereocenters. The summed E-state index contributed by atoms with van der Waals surface area (Å²) in [5.41, 5.74) is 0. The van der Waals surface area contributed by atoms with E-state index < -0.39 is 43.5 Å². The molecular formula is C13H38O6Si5. The minimum atomic E-state index is -2.68. The highest BCUT2D eigenvalue weighted by molar-refractivity contribution is 6.87. The third kappa shape index (κ3) is 10.7. The molecule has 0 aliphatic heterocycles. The van der Waals surface area contributed by atoms with Gasteiger partial charge >= 0.3 is 34.5 Å². The van der Waals surface area contributed by atoms with Crippen LogP contribution in [0.2, 0.25) is 58.9 Å². The van der Waals surface area contributed by atoms with E-state index >= 15 is 0 Å². The zero-order valence-corrected chi connectivity index (χ0v) is 22.6. The Bertz CT molecular complexity index is 372. The molecule has 24 heavy (non-hydrogen) atoms. The highest BCUT2D eigenvalue weighted by Gasteiger charge is 2.47. The maximum Gasteiger partial charge on any atom is 0.488 e. The normalized spacial score (nSPS) is 14.5. The summed E-state index contributed by atoms with van der Waals surface area (Å²) in [6.45, 7) is 23.7. The molecule has 0 aromatic heterocycles. The van der Waals surface area contributed by atoms with Crippen LogP contribution in [0.15, 0.2) is 0 Å². The van der Waals surface area contributed by atoms with Crippen molar-refractivity contribution in [1.82, 2.24) is 0 Å². The van der Waals surface area contributed by atoms with E-state index in [0.29, 0.717) is 13.2 Å². The lowest BCUT2D eigenvalue weighted by Crippen LogP contribution is -2.59.